The monoisotopic (exact) mass is 484 g/mol. The molecule has 0 unspecified atom stereocenters. The summed E-state index contributed by atoms with van der Waals surface area (Å²) in [4.78, 5) is 15.0. The minimum absolute atomic E-state index is 0.0597. The van der Waals surface area contributed by atoms with Crippen LogP contribution in [0.25, 0.3) is 0 Å². The minimum Gasteiger partial charge on any atom is -0.308 e. The fourth-order valence-electron chi connectivity index (χ4n) is 3.19. The van der Waals surface area contributed by atoms with Gasteiger partial charge in [-0.25, -0.2) is 8.42 Å². The molecule has 0 bridgehead atoms. The fraction of sp³-hybridized carbons (Fsp3) is 0.350. The summed E-state index contributed by atoms with van der Waals surface area (Å²) >= 11 is 9.76. The number of carbonyl (C=O) groups excluding carboxylic acids is 1. The van der Waals surface area contributed by atoms with E-state index in [1.165, 1.54) is 29.6 Å². The third kappa shape index (κ3) is 3.99. The number of carbonyl (C=O) groups is 1. The van der Waals surface area contributed by atoms with Crippen molar-refractivity contribution in [2.45, 2.75) is 37.6 Å². The lowest BCUT2D eigenvalue weighted by Crippen LogP contribution is -2.36. The molecule has 1 heterocycles. The Morgan fingerprint density at radius 3 is 2.61 bits per heavy atom. The Balaban J connectivity index is 2.03. The molecule has 2 aromatic carbocycles. The Hall–Kier alpha value is -1.41. The number of rotatable bonds is 4. The molecule has 0 saturated heterocycles. The number of anilines is 1. The number of hydrogen-bond acceptors (Lipinski definition) is 3. The predicted molar refractivity (Wildman–Crippen MR) is 116 cm³/mol. The van der Waals surface area contributed by atoms with E-state index in [4.69, 9.17) is 11.6 Å². The van der Waals surface area contributed by atoms with Crippen molar-refractivity contribution in [3.63, 3.8) is 0 Å². The number of halogens is 2. The van der Waals surface area contributed by atoms with Crippen LogP contribution in [0.1, 0.15) is 36.2 Å². The molecule has 28 heavy (non-hydrogen) atoms. The van der Waals surface area contributed by atoms with Crippen molar-refractivity contribution in [1.29, 1.82) is 0 Å². The summed E-state index contributed by atoms with van der Waals surface area (Å²) in [6.07, 6.45) is 1.72. The second-order valence-electron chi connectivity index (χ2n) is 7.09. The van der Waals surface area contributed by atoms with Crippen LogP contribution in [0.2, 0.25) is 5.02 Å². The van der Waals surface area contributed by atoms with Gasteiger partial charge in [0.05, 0.1) is 15.5 Å². The van der Waals surface area contributed by atoms with Gasteiger partial charge in [-0.1, -0.05) is 27.5 Å². The van der Waals surface area contributed by atoms with Crippen LogP contribution >= 0.6 is 27.5 Å². The second-order valence-corrected chi connectivity index (χ2v) is 10.4. The fourth-order valence-corrected chi connectivity index (χ4v) is 5.20. The number of fused-ring (bicyclic) bond motifs is 1. The summed E-state index contributed by atoms with van der Waals surface area (Å²) in [6, 6.07) is 9.90. The predicted octanol–water partition coefficient (Wildman–Crippen LogP) is 4.72. The zero-order chi connectivity index (χ0) is 20.6. The maximum absolute atomic E-state index is 13.3. The van der Waals surface area contributed by atoms with Gasteiger partial charge in [0, 0.05) is 29.8 Å². The van der Waals surface area contributed by atoms with Gasteiger partial charge in [-0.15, -0.1) is 0 Å². The first-order valence-electron chi connectivity index (χ1n) is 9.01. The molecular formula is C20H22BrClN2O3S. The van der Waals surface area contributed by atoms with Gasteiger partial charge in [0.15, 0.2) is 0 Å². The topological polar surface area (TPSA) is 57.7 Å². The molecule has 1 amide bonds. The van der Waals surface area contributed by atoms with Crippen LogP contribution < -0.4 is 4.90 Å². The smallest absolute Gasteiger partial charge is 0.259 e. The van der Waals surface area contributed by atoms with Gasteiger partial charge in [-0.05, 0) is 68.7 Å². The quantitative estimate of drug-likeness (QED) is 0.629. The summed E-state index contributed by atoms with van der Waals surface area (Å²) in [5.74, 6) is -0.294. The molecule has 2 aromatic rings. The molecule has 0 aromatic heterocycles. The third-order valence-corrected chi connectivity index (χ3v) is 7.83. The second kappa shape index (κ2) is 8.14. The molecule has 3 rings (SSSR count). The highest BCUT2D eigenvalue weighted by atomic mass is 79.9. The van der Waals surface area contributed by atoms with E-state index in [1.54, 1.807) is 18.7 Å². The lowest BCUT2D eigenvalue weighted by molar-refractivity contribution is 0.0985. The lowest BCUT2D eigenvalue weighted by Gasteiger charge is -2.30. The highest BCUT2D eigenvalue weighted by Gasteiger charge is 2.28. The first kappa shape index (κ1) is 21.3. The Morgan fingerprint density at radius 2 is 1.93 bits per heavy atom. The number of hydrogen-bond donors (Lipinski definition) is 0. The zero-order valence-corrected chi connectivity index (χ0v) is 19.1. The van der Waals surface area contributed by atoms with Gasteiger partial charge in [-0.3, -0.25) is 4.79 Å². The summed E-state index contributed by atoms with van der Waals surface area (Å²) in [5.41, 5.74) is 2.10. The maximum Gasteiger partial charge on any atom is 0.259 e. The summed E-state index contributed by atoms with van der Waals surface area (Å²) in [5, 5.41) is 0.236. The van der Waals surface area contributed by atoms with Crippen LogP contribution in [0, 0.1) is 0 Å². The summed E-state index contributed by atoms with van der Waals surface area (Å²) in [7, 11) is -2.19. The van der Waals surface area contributed by atoms with E-state index in [0.29, 0.717) is 6.54 Å². The van der Waals surface area contributed by atoms with Crippen molar-refractivity contribution in [1.82, 2.24) is 4.31 Å². The van der Waals surface area contributed by atoms with Crippen molar-refractivity contribution >= 4 is 49.1 Å². The van der Waals surface area contributed by atoms with Gasteiger partial charge in [0.25, 0.3) is 5.91 Å². The maximum atomic E-state index is 13.3. The third-order valence-electron chi connectivity index (χ3n) is 4.98. The Bertz CT molecular complexity index is 1020. The molecule has 0 radical (unpaired) electrons. The number of sulfonamides is 1. The minimum atomic E-state index is -3.71. The first-order chi connectivity index (χ1) is 13.1. The molecule has 1 aliphatic rings. The van der Waals surface area contributed by atoms with Crippen LogP contribution in [0.3, 0.4) is 0 Å². The number of nitrogens with zero attached hydrogens (tertiary/aromatic N) is 2. The molecule has 0 spiro atoms. The number of amides is 1. The van der Waals surface area contributed by atoms with Gasteiger partial charge in [0.1, 0.15) is 0 Å². The van der Waals surface area contributed by atoms with Crippen molar-refractivity contribution in [3.05, 3.63) is 57.0 Å². The molecule has 0 fully saturated rings. The summed E-state index contributed by atoms with van der Waals surface area (Å²) < 4.78 is 27.9. The molecule has 0 aliphatic carbocycles. The molecule has 5 nitrogen and oxygen atoms in total. The van der Waals surface area contributed by atoms with Gasteiger partial charge in [-0.2, -0.15) is 4.31 Å². The average molecular weight is 486 g/mol. The van der Waals surface area contributed by atoms with E-state index in [9.17, 15) is 13.2 Å². The van der Waals surface area contributed by atoms with Crippen LogP contribution in [-0.2, 0) is 16.4 Å². The Kier molecular flexibility index (Phi) is 6.20. The highest BCUT2D eigenvalue weighted by molar-refractivity contribution is 9.10. The molecule has 0 atom stereocenters. The molecular weight excluding hydrogens is 464 g/mol. The van der Waals surface area contributed by atoms with Gasteiger partial charge >= 0.3 is 0 Å². The van der Waals surface area contributed by atoms with Crippen LogP contribution in [-0.4, -0.2) is 38.3 Å². The van der Waals surface area contributed by atoms with Crippen LogP contribution in [0.5, 0.6) is 0 Å². The Morgan fingerprint density at radius 1 is 1.21 bits per heavy atom. The van der Waals surface area contributed by atoms with Gasteiger partial charge < -0.3 is 4.90 Å². The number of aryl methyl sites for hydroxylation is 1. The molecule has 8 heteroatoms. The van der Waals surface area contributed by atoms with Crippen molar-refractivity contribution in [3.8, 4) is 0 Å². The molecule has 0 N–H and O–H groups in total. The number of benzene rings is 2. The van der Waals surface area contributed by atoms with E-state index in [-0.39, 0.29) is 27.4 Å². The van der Waals surface area contributed by atoms with E-state index < -0.39 is 10.0 Å². The lowest BCUT2D eigenvalue weighted by atomic mass is 10.0. The van der Waals surface area contributed by atoms with Crippen LogP contribution in [0.15, 0.2) is 45.8 Å². The summed E-state index contributed by atoms with van der Waals surface area (Å²) in [6.45, 7) is 4.15. The SMILES string of the molecule is CC(C)N(C)S(=O)(=O)c1ccc(Cl)c(C(=O)N2CCCc3cc(Br)ccc32)c1. The molecule has 1 aliphatic heterocycles. The normalized spacial score (nSPS) is 14.5. The van der Waals surface area contributed by atoms with Gasteiger partial charge in [0.2, 0.25) is 10.0 Å². The average Bonchev–Trinajstić information content (AvgIpc) is 2.66. The zero-order valence-electron chi connectivity index (χ0n) is 15.9. The Labute approximate surface area is 179 Å². The van der Waals surface area contributed by atoms with E-state index >= 15 is 0 Å². The van der Waals surface area contributed by atoms with E-state index in [1.807, 2.05) is 18.2 Å². The van der Waals surface area contributed by atoms with E-state index in [0.717, 1.165) is 28.6 Å². The largest absolute Gasteiger partial charge is 0.308 e. The first-order valence-corrected chi connectivity index (χ1v) is 11.6. The van der Waals surface area contributed by atoms with Crippen molar-refractivity contribution < 1.29 is 13.2 Å². The van der Waals surface area contributed by atoms with Crippen LogP contribution in [0.4, 0.5) is 5.69 Å². The molecule has 0 saturated carbocycles. The van der Waals surface area contributed by atoms with Crippen molar-refractivity contribution in [2.24, 2.45) is 0 Å². The van der Waals surface area contributed by atoms with E-state index in [2.05, 4.69) is 15.9 Å². The van der Waals surface area contributed by atoms with Crippen molar-refractivity contribution in [2.75, 3.05) is 18.5 Å². The highest BCUT2D eigenvalue weighted by Crippen LogP contribution is 2.32. The molecule has 150 valence electrons. The standard InChI is InChI=1S/C20H22BrClN2O3S/c1-13(2)23(3)28(26,27)16-7-8-18(22)17(12-16)20(25)24-10-4-5-14-11-15(21)6-9-19(14)24/h6-9,11-13H,4-5,10H2,1-3H3.